The summed E-state index contributed by atoms with van der Waals surface area (Å²) < 4.78 is 0.660. The van der Waals surface area contributed by atoms with E-state index in [4.69, 9.17) is 11.6 Å². The van der Waals surface area contributed by atoms with Crippen molar-refractivity contribution in [3.8, 4) is 0 Å². The highest BCUT2D eigenvalue weighted by molar-refractivity contribution is 7.18. The van der Waals surface area contributed by atoms with Gasteiger partial charge < -0.3 is 0 Å². The summed E-state index contributed by atoms with van der Waals surface area (Å²) in [7, 11) is 0. The normalized spacial score (nSPS) is 10.4. The van der Waals surface area contributed by atoms with Gasteiger partial charge in [0.1, 0.15) is 0 Å². The number of ketones is 1. The Bertz CT molecular complexity index is 516. The van der Waals surface area contributed by atoms with Crippen molar-refractivity contribution < 1.29 is 4.79 Å². The number of aryl methyl sites for hydroxylation is 1. The van der Waals surface area contributed by atoms with Crippen LogP contribution in [0.3, 0.4) is 0 Å². The van der Waals surface area contributed by atoms with Crippen LogP contribution in [0.15, 0.2) is 36.4 Å². The molecule has 0 aliphatic rings. The highest BCUT2D eigenvalue weighted by Crippen LogP contribution is 2.23. The van der Waals surface area contributed by atoms with Crippen LogP contribution < -0.4 is 0 Å². The molecule has 0 aliphatic heterocycles. The van der Waals surface area contributed by atoms with E-state index in [0.717, 1.165) is 16.0 Å². The Kier molecular flexibility index (Phi) is 3.42. The average Bonchev–Trinajstić information content (AvgIpc) is 2.68. The molecule has 2 aromatic rings. The average molecular weight is 251 g/mol. The van der Waals surface area contributed by atoms with Gasteiger partial charge in [0.2, 0.25) is 0 Å². The fraction of sp³-hybridized carbons (Fsp3) is 0.154. The van der Waals surface area contributed by atoms with Gasteiger partial charge in [-0.25, -0.2) is 0 Å². The summed E-state index contributed by atoms with van der Waals surface area (Å²) in [5, 5.41) is 0. The molecule has 0 amide bonds. The zero-order valence-electron chi connectivity index (χ0n) is 8.87. The summed E-state index contributed by atoms with van der Waals surface area (Å²) in [5.74, 6) is 0.131. The Morgan fingerprint density at radius 3 is 2.62 bits per heavy atom. The van der Waals surface area contributed by atoms with Crippen molar-refractivity contribution in [1.29, 1.82) is 0 Å². The van der Waals surface area contributed by atoms with Crippen LogP contribution >= 0.6 is 22.9 Å². The fourth-order valence-electron chi connectivity index (χ4n) is 1.53. The molecule has 0 unspecified atom stereocenters. The molecule has 0 bridgehead atoms. The largest absolute Gasteiger partial charge is 0.293 e. The molecular weight excluding hydrogens is 240 g/mol. The smallest absolute Gasteiger partial charge is 0.177 e. The maximum Gasteiger partial charge on any atom is 0.177 e. The number of hydrogen-bond acceptors (Lipinski definition) is 2. The van der Waals surface area contributed by atoms with E-state index in [0.29, 0.717) is 10.8 Å². The molecule has 0 saturated carbocycles. The molecule has 0 radical (unpaired) electrons. The molecule has 1 heterocycles. The predicted octanol–water partition coefficient (Wildman–Crippen LogP) is 4.14. The molecule has 0 aliphatic carbocycles. The van der Waals surface area contributed by atoms with Gasteiger partial charge in [-0.15, -0.1) is 11.3 Å². The first-order valence-electron chi connectivity index (χ1n) is 5.00. The third kappa shape index (κ3) is 2.52. The van der Waals surface area contributed by atoms with Crippen LogP contribution in [0, 0.1) is 6.92 Å². The molecule has 82 valence electrons. The molecule has 16 heavy (non-hydrogen) atoms. The topological polar surface area (TPSA) is 17.1 Å². The van der Waals surface area contributed by atoms with Crippen molar-refractivity contribution in [2.75, 3.05) is 0 Å². The second kappa shape index (κ2) is 4.81. The highest BCUT2D eigenvalue weighted by atomic mass is 35.5. The Hall–Kier alpha value is -1.12. The molecular formula is C13H11ClOS. The fourth-order valence-corrected chi connectivity index (χ4v) is 2.51. The molecule has 0 fully saturated rings. The van der Waals surface area contributed by atoms with Crippen molar-refractivity contribution in [2.45, 2.75) is 13.3 Å². The third-order valence-electron chi connectivity index (χ3n) is 2.46. The van der Waals surface area contributed by atoms with Crippen molar-refractivity contribution in [1.82, 2.24) is 0 Å². The van der Waals surface area contributed by atoms with Gasteiger partial charge in [-0.3, -0.25) is 4.79 Å². The van der Waals surface area contributed by atoms with E-state index in [-0.39, 0.29) is 5.78 Å². The molecule has 1 aromatic carbocycles. The zero-order chi connectivity index (χ0) is 11.5. The molecule has 3 heteroatoms. The minimum absolute atomic E-state index is 0.131. The van der Waals surface area contributed by atoms with Crippen LogP contribution in [-0.2, 0) is 6.42 Å². The van der Waals surface area contributed by atoms with E-state index in [9.17, 15) is 4.79 Å². The van der Waals surface area contributed by atoms with Crippen molar-refractivity contribution >= 4 is 28.7 Å². The maximum atomic E-state index is 11.9. The van der Waals surface area contributed by atoms with Gasteiger partial charge in [0.25, 0.3) is 0 Å². The minimum Gasteiger partial charge on any atom is -0.293 e. The van der Waals surface area contributed by atoms with Crippen LogP contribution in [0.1, 0.15) is 20.8 Å². The predicted molar refractivity (Wildman–Crippen MR) is 68.5 cm³/mol. The van der Waals surface area contributed by atoms with Crippen LogP contribution in [0.2, 0.25) is 4.34 Å². The SMILES string of the molecule is Cc1ccccc1CC(=O)c1ccc(Cl)s1. The third-order valence-corrected chi connectivity index (χ3v) is 3.73. The first-order valence-corrected chi connectivity index (χ1v) is 6.19. The standard InChI is InChI=1S/C13H11ClOS/c1-9-4-2-3-5-10(9)8-11(15)12-6-7-13(14)16-12/h2-7H,8H2,1H3. The van der Waals surface area contributed by atoms with E-state index in [1.165, 1.54) is 11.3 Å². The Morgan fingerprint density at radius 2 is 2.00 bits per heavy atom. The van der Waals surface area contributed by atoms with Crippen LogP contribution in [0.25, 0.3) is 0 Å². The Labute approximate surface area is 104 Å². The zero-order valence-corrected chi connectivity index (χ0v) is 10.4. The quantitative estimate of drug-likeness (QED) is 0.749. The first kappa shape index (κ1) is 11.4. The lowest BCUT2D eigenvalue weighted by atomic mass is 10.0. The number of thiophene rings is 1. The lowest BCUT2D eigenvalue weighted by Gasteiger charge is -2.02. The number of rotatable bonds is 3. The monoisotopic (exact) mass is 250 g/mol. The van der Waals surface area contributed by atoms with Crippen molar-refractivity contribution in [2.24, 2.45) is 0 Å². The molecule has 1 nitrogen and oxygen atoms in total. The Morgan fingerprint density at radius 1 is 1.25 bits per heavy atom. The van der Waals surface area contributed by atoms with E-state index >= 15 is 0 Å². The van der Waals surface area contributed by atoms with Gasteiger partial charge in [-0.2, -0.15) is 0 Å². The summed E-state index contributed by atoms with van der Waals surface area (Å²) >= 11 is 7.14. The molecule has 0 N–H and O–H groups in total. The van der Waals surface area contributed by atoms with E-state index in [1.54, 1.807) is 12.1 Å². The maximum absolute atomic E-state index is 11.9. The van der Waals surface area contributed by atoms with E-state index < -0.39 is 0 Å². The van der Waals surface area contributed by atoms with Crippen LogP contribution in [0.4, 0.5) is 0 Å². The van der Waals surface area contributed by atoms with Gasteiger partial charge in [-0.05, 0) is 30.2 Å². The van der Waals surface area contributed by atoms with Gasteiger partial charge in [0, 0.05) is 6.42 Å². The second-order valence-corrected chi connectivity index (χ2v) is 5.35. The molecule has 0 spiro atoms. The summed E-state index contributed by atoms with van der Waals surface area (Å²) in [4.78, 5) is 12.7. The van der Waals surface area contributed by atoms with Crippen molar-refractivity contribution in [3.05, 3.63) is 56.7 Å². The molecule has 2 rings (SSSR count). The summed E-state index contributed by atoms with van der Waals surface area (Å²) in [5.41, 5.74) is 2.23. The lowest BCUT2D eigenvalue weighted by Crippen LogP contribution is -2.02. The lowest BCUT2D eigenvalue weighted by molar-refractivity contribution is 0.0996. The van der Waals surface area contributed by atoms with Gasteiger partial charge in [0.15, 0.2) is 5.78 Å². The minimum atomic E-state index is 0.131. The number of benzene rings is 1. The number of halogens is 1. The number of Topliss-reactive ketones (excluding diaryl/α,β-unsaturated/α-hetero) is 1. The summed E-state index contributed by atoms with van der Waals surface area (Å²) in [6, 6.07) is 11.5. The van der Waals surface area contributed by atoms with Gasteiger partial charge >= 0.3 is 0 Å². The van der Waals surface area contributed by atoms with E-state index in [2.05, 4.69) is 0 Å². The summed E-state index contributed by atoms with van der Waals surface area (Å²) in [6.45, 7) is 2.02. The summed E-state index contributed by atoms with van der Waals surface area (Å²) in [6.07, 6.45) is 0.448. The van der Waals surface area contributed by atoms with Gasteiger partial charge in [-0.1, -0.05) is 35.9 Å². The van der Waals surface area contributed by atoms with Crippen LogP contribution in [-0.4, -0.2) is 5.78 Å². The number of carbonyl (C=O) groups excluding carboxylic acids is 1. The highest BCUT2D eigenvalue weighted by Gasteiger charge is 2.10. The van der Waals surface area contributed by atoms with Crippen molar-refractivity contribution in [3.63, 3.8) is 0 Å². The molecule has 0 atom stereocenters. The molecule has 1 aromatic heterocycles. The van der Waals surface area contributed by atoms with E-state index in [1.807, 2.05) is 31.2 Å². The first-order chi connectivity index (χ1) is 7.66. The molecule has 0 saturated heterocycles. The number of hydrogen-bond donors (Lipinski definition) is 0. The second-order valence-electron chi connectivity index (χ2n) is 3.63. The number of carbonyl (C=O) groups is 1. The van der Waals surface area contributed by atoms with Crippen LogP contribution in [0.5, 0.6) is 0 Å². The van der Waals surface area contributed by atoms with Gasteiger partial charge in [0.05, 0.1) is 9.21 Å². The Balaban J connectivity index is 2.17.